The van der Waals surface area contributed by atoms with Crippen LogP contribution in [0.15, 0.2) is 18.2 Å². The van der Waals surface area contributed by atoms with E-state index in [-0.39, 0.29) is 11.9 Å². The van der Waals surface area contributed by atoms with Crippen LogP contribution in [0, 0.1) is 6.92 Å². The van der Waals surface area contributed by atoms with Crippen molar-refractivity contribution in [2.45, 2.75) is 25.9 Å². The van der Waals surface area contributed by atoms with Crippen LogP contribution in [0.4, 0.5) is 17.6 Å². The van der Waals surface area contributed by atoms with Gasteiger partial charge >= 0.3 is 12.0 Å². The van der Waals surface area contributed by atoms with Gasteiger partial charge in [0.05, 0.1) is 5.02 Å². The molecule has 0 aliphatic rings. The Balaban J connectivity index is 2.97. The Hall–Kier alpha value is -0.970. The van der Waals surface area contributed by atoms with Crippen LogP contribution in [0.2, 0.25) is 5.02 Å². The predicted molar refractivity (Wildman–Crippen MR) is 52.4 cm³/mol. The van der Waals surface area contributed by atoms with Gasteiger partial charge in [0, 0.05) is 6.92 Å². The van der Waals surface area contributed by atoms with E-state index in [1.807, 2.05) is 0 Å². The molecule has 0 atom stereocenters. The second-order valence-electron chi connectivity index (χ2n) is 3.44. The Morgan fingerprint density at radius 2 is 1.75 bits per heavy atom. The predicted octanol–water partition coefficient (Wildman–Crippen LogP) is 4.28. The van der Waals surface area contributed by atoms with Crippen LogP contribution in [-0.2, 0) is 0 Å². The molecule has 0 aromatic heterocycles. The first-order chi connectivity index (χ1) is 7.13. The van der Waals surface area contributed by atoms with E-state index in [1.54, 1.807) is 6.92 Å². The summed E-state index contributed by atoms with van der Waals surface area (Å²) < 4.78 is 54.6. The Morgan fingerprint density at radius 3 is 2.19 bits per heavy atom. The molecule has 1 aromatic rings. The van der Waals surface area contributed by atoms with Gasteiger partial charge in [0.1, 0.15) is 5.75 Å². The van der Waals surface area contributed by atoms with Crippen LogP contribution in [0.3, 0.4) is 0 Å². The minimum Gasteiger partial charge on any atom is -0.426 e. The maximum atomic E-state index is 12.9. The van der Waals surface area contributed by atoms with Gasteiger partial charge in [-0.1, -0.05) is 17.7 Å². The molecular weight excluding hydrogens is 248 g/mol. The lowest BCUT2D eigenvalue weighted by molar-refractivity contribution is -0.301. The van der Waals surface area contributed by atoms with Crippen LogP contribution in [0.25, 0.3) is 0 Å². The molecule has 0 radical (unpaired) electrons. The molecule has 0 saturated carbocycles. The van der Waals surface area contributed by atoms with Crippen molar-refractivity contribution in [2.24, 2.45) is 0 Å². The van der Waals surface area contributed by atoms with Gasteiger partial charge in [-0.25, -0.2) is 0 Å². The summed E-state index contributed by atoms with van der Waals surface area (Å²) in [5.74, 6) is -4.75. The molecule has 90 valence electrons. The first-order valence-corrected chi connectivity index (χ1v) is 4.72. The first-order valence-electron chi connectivity index (χ1n) is 4.34. The summed E-state index contributed by atoms with van der Waals surface area (Å²) in [6, 6.07) is 3.91. The molecule has 0 saturated heterocycles. The largest absolute Gasteiger partial charge is 0.463 e. The average molecular weight is 257 g/mol. The summed E-state index contributed by atoms with van der Waals surface area (Å²) in [4.78, 5) is 0. The highest BCUT2D eigenvalue weighted by atomic mass is 35.5. The lowest BCUT2D eigenvalue weighted by atomic mass is 10.2. The van der Waals surface area contributed by atoms with Gasteiger partial charge < -0.3 is 4.74 Å². The van der Waals surface area contributed by atoms with Gasteiger partial charge in [-0.3, -0.25) is 0 Å². The number of hydrogen-bond donors (Lipinski definition) is 0. The smallest absolute Gasteiger partial charge is 0.426 e. The number of halogens is 5. The van der Waals surface area contributed by atoms with Crippen LogP contribution < -0.4 is 4.74 Å². The number of rotatable bonds is 3. The molecule has 0 heterocycles. The number of aryl methyl sites for hydroxylation is 1. The highest BCUT2D eigenvalue weighted by Crippen LogP contribution is 2.38. The Morgan fingerprint density at radius 1 is 1.19 bits per heavy atom. The van der Waals surface area contributed by atoms with E-state index >= 15 is 0 Å². The average Bonchev–Trinajstić information content (AvgIpc) is 2.08. The number of benzene rings is 1. The van der Waals surface area contributed by atoms with Gasteiger partial charge in [0.2, 0.25) is 0 Å². The van der Waals surface area contributed by atoms with E-state index in [1.165, 1.54) is 12.1 Å². The van der Waals surface area contributed by atoms with Gasteiger partial charge in [0.25, 0.3) is 0 Å². The van der Waals surface area contributed by atoms with E-state index in [0.29, 0.717) is 5.56 Å². The first kappa shape index (κ1) is 13.1. The van der Waals surface area contributed by atoms with Crippen molar-refractivity contribution >= 4 is 11.6 Å². The fourth-order valence-corrected chi connectivity index (χ4v) is 1.19. The summed E-state index contributed by atoms with van der Waals surface area (Å²) in [5, 5.41) is -0.135. The monoisotopic (exact) mass is 256 g/mol. The lowest BCUT2D eigenvalue weighted by Crippen LogP contribution is -2.42. The van der Waals surface area contributed by atoms with Crippen molar-refractivity contribution < 1.29 is 22.3 Å². The number of alkyl halides is 4. The van der Waals surface area contributed by atoms with Crippen molar-refractivity contribution in [3.63, 3.8) is 0 Å². The second-order valence-corrected chi connectivity index (χ2v) is 3.85. The molecule has 0 aliphatic heterocycles. The van der Waals surface area contributed by atoms with E-state index < -0.39 is 17.8 Å². The zero-order valence-electron chi connectivity index (χ0n) is 8.53. The maximum Gasteiger partial charge on any atom is 0.463 e. The summed E-state index contributed by atoms with van der Waals surface area (Å²) in [7, 11) is 0. The Labute approximate surface area is 95.0 Å². The summed E-state index contributed by atoms with van der Waals surface area (Å²) >= 11 is 5.58. The minimum absolute atomic E-state index is 0.0785. The molecule has 0 fully saturated rings. The summed E-state index contributed by atoms with van der Waals surface area (Å²) in [6.07, 6.45) is -4.59. The van der Waals surface area contributed by atoms with Gasteiger partial charge in [0.15, 0.2) is 0 Å². The Kier molecular flexibility index (Phi) is 3.38. The highest BCUT2D eigenvalue weighted by molar-refractivity contribution is 6.32. The summed E-state index contributed by atoms with van der Waals surface area (Å²) in [6.45, 7) is 1.76. The number of hydrogen-bond acceptors (Lipinski definition) is 1. The van der Waals surface area contributed by atoms with Gasteiger partial charge in [-0.2, -0.15) is 17.6 Å². The van der Waals surface area contributed by atoms with Crippen molar-refractivity contribution in [1.29, 1.82) is 0 Å². The van der Waals surface area contributed by atoms with Crippen LogP contribution in [-0.4, -0.2) is 12.0 Å². The fraction of sp³-hybridized carbons (Fsp3) is 0.400. The molecule has 16 heavy (non-hydrogen) atoms. The standard InChI is InChI=1S/C10H9ClF4O/c1-6-3-4-8(7(11)5-6)16-10(14,15)9(2,12)13/h3-5H,1-2H3. The van der Waals surface area contributed by atoms with Gasteiger partial charge in [-0.05, 0) is 24.6 Å². The molecule has 0 aliphatic carbocycles. The van der Waals surface area contributed by atoms with Crippen molar-refractivity contribution in [1.82, 2.24) is 0 Å². The van der Waals surface area contributed by atoms with Crippen LogP contribution in [0.5, 0.6) is 5.75 Å². The Bertz CT molecular complexity index is 387. The lowest BCUT2D eigenvalue weighted by Gasteiger charge is -2.23. The third-order valence-electron chi connectivity index (χ3n) is 1.84. The third kappa shape index (κ3) is 2.78. The van der Waals surface area contributed by atoms with Crippen molar-refractivity contribution in [3.8, 4) is 5.75 Å². The van der Waals surface area contributed by atoms with Gasteiger partial charge in [-0.15, -0.1) is 0 Å². The van der Waals surface area contributed by atoms with E-state index in [0.717, 1.165) is 6.07 Å². The van der Waals surface area contributed by atoms with E-state index in [4.69, 9.17) is 11.6 Å². The van der Waals surface area contributed by atoms with Crippen LogP contribution in [0.1, 0.15) is 12.5 Å². The molecular formula is C10H9ClF4O. The SMILES string of the molecule is Cc1ccc(OC(F)(F)C(C)(F)F)c(Cl)c1. The quantitative estimate of drug-likeness (QED) is 0.734. The second kappa shape index (κ2) is 4.13. The fourth-order valence-electron chi connectivity index (χ4n) is 0.916. The maximum absolute atomic E-state index is 12.9. The molecule has 0 N–H and O–H groups in total. The zero-order chi connectivity index (χ0) is 12.6. The highest BCUT2D eigenvalue weighted by Gasteiger charge is 2.55. The molecule has 0 bridgehead atoms. The van der Waals surface area contributed by atoms with Crippen molar-refractivity contribution in [2.75, 3.05) is 0 Å². The van der Waals surface area contributed by atoms with Crippen LogP contribution >= 0.6 is 11.6 Å². The van der Waals surface area contributed by atoms with E-state index in [9.17, 15) is 17.6 Å². The van der Waals surface area contributed by atoms with Crippen molar-refractivity contribution in [3.05, 3.63) is 28.8 Å². The molecule has 0 spiro atoms. The molecule has 1 nitrogen and oxygen atoms in total. The summed E-state index contributed by atoms with van der Waals surface area (Å²) in [5.41, 5.74) is 0.712. The topological polar surface area (TPSA) is 9.23 Å². The molecule has 1 aromatic carbocycles. The number of ether oxygens (including phenoxy) is 1. The zero-order valence-corrected chi connectivity index (χ0v) is 9.29. The molecule has 0 unspecified atom stereocenters. The van der Waals surface area contributed by atoms with E-state index in [2.05, 4.69) is 4.74 Å². The normalized spacial score (nSPS) is 12.7. The molecule has 1 rings (SSSR count). The minimum atomic E-state index is -4.59. The molecule has 6 heteroatoms. The molecule has 0 amide bonds. The third-order valence-corrected chi connectivity index (χ3v) is 2.13.